The number of hydrogen-bond donors (Lipinski definition) is 1. The Labute approximate surface area is 207 Å². The summed E-state index contributed by atoms with van der Waals surface area (Å²) in [5.41, 5.74) is 1.73. The highest BCUT2D eigenvalue weighted by Gasteiger charge is 2.35. The van der Waals surface area contributed by atoms with Gasteiger partial charge in [0.15, 0.2) is 17.3 Å². The van der Waals surface area contributed by atoms with E-state index < -0.39 is 11.9 Å². The van der Waals surface area contributed by atoms with Gasteiger partial charge in [-0.1, -0.05) is 6.07 Å². The molecule has 1 N–H and O–H groups in total. The molecule has 36 heavy (non-hydrogen) atoms. The topological polar surface area (TPSA) is 113 Å². The molecule has 0 saturated carbocycles. The Morgan fingerprint density at radius 1 is 1.06 bits per heavy atom. The fourth-order valence-corrected chi connectivity index (χ4v) is 4.12. The normalized spacial score (nSPS) is 14.1. The first-order chi connectivity index (χ1) is 17.4. The first kappa shape index (κ1) is 24.6. The van der Waals surface area contributed by atoms with Crippen molar-refractivity contribution >= 4 is 17.8 Å². The molecule has 186 valence electrons. The number of rotatable bonds is 8. The van der Waals surface area contributed by atoms with Crippen LogP contribution >= 0.6 is 0 Å². The maximum Gasteiger partial charge on any atom is 0.306 e. The molecule has 0 radical (unpaired) electrons. The number of carbonyl (C=O) groups excluding carboxylic acids is 2. The molecule has 2 aromatic carbocycles. The van der Waals surface area contributed by atoms with Crippen molar-refractivity contribution in [3.05, 3.63) is 76.8 Å². The Kier molecular flexibility index (Phi) is 7.10. The molecular weight excluding hydrogens is 466 g/mol. The number of ether oxygens (including phenoxy) is 5. The lowest BCUT2D eigenvalue weighted by molar-refractivity contribution is -0.140. The number of nitrogens with zero attached hydrogens (tertiary/aromatic N) is 1. The summed E-state index contributed by atoms with van der Waals surface area (Å²) in [5.74, 6) is -0.118. The van der Waals surface area contributed by atoms with Gasteiger partial charge in [-0.05, 0) is 35.9 Å². The van der Waals surface area contributed by atoms with E-state index in [0.717, 1.165) is 0 Å². The first-order valence-electron chi connectivity index (χ1n) is 11.0. The van der Waals surface area contributed by atoms with Gasteiger partial charge in [0.05, 0.1) is 40.4 Å². The second-order valence-electron chi connectivity index (χ2n) is 7.88. The average Bonchev–Trinajstić information content (AvgIpc) is 3.22. The van der Waals surface area contributed by atoms with Gasteiger partial charge in [0.25, 0.3) is 0 Å². The van der Waals surface area contributed by atoms with Crippen molar-refractivity contribution in [2.75, 3.05) is 28.4 Å². The summed E-state index contributed by atoms with van der Waals surface area (Å²) in [5, 5.41) is 10.8. The molecule has 0 bridgehead atoms. The number of hydrogen-bond acceptors (Lipinski definition) is 9. The van der Waals surface area contributed by atoms with Crippen LogP contribution in [0.1, 0.15) is 39.4 Å². The molecule has 9 nitrogen and oxygen atoms in total. The van der Waals surface area contributed by atoms with E-state index in [1.54, 1.807) is 36.7 Å². The van der Waals surface area contributed by atoms with E-state index in [0.29, 0.717) is 33.9 Å². The van der Waals surface area contributed by atoms with Crippen LogP contribution in [-0.2, 0) is 9.53 Å². The molecule has 4 rings (SSSR count). The maximum atomic E-state index is 13.3. The summed E-state index contributed by atoms with van der Waals surface area (Å²) in [6.07, 6.45) is 4.63. The summed E-state index contributed by atoms with van der Waals surface area (Å²) in [6.45, 7) is 0. The van der Waals surface area contributed by atoms with Gasteiger partial charge in [-0.25, -0.2) is 0 Å². The molecule has 0 spiro atoms. The molecule has 1 aromatic heterocycles. The van der Waals surface area contributed by atoms with Crippen LogP contribution in [0.3, 0.4) is 0 Å². The van der Waals surface area contributed by atoms with Crippen molar-refractivity contribution in [1.82, 2.24) is 4.98 Å². The number of aromatic hydroxyl groups is 1. The lowest BCUT2D eigenvalue weighted by Crippen LogP contribution is -2.11. The number of methoxy groups -OCH3 is 4. The van der Waals surface area contributed by atoms with Crippen molar-refractivity contribution in [3.63, 3.8) is 0 Å². The van der Waals surface area contributed by atoms with Gasteiger partial charge in [0.1, 0.15) is 17.2 Å². The number of phenols is 1. The first-order valence-corrected chi connectivity index (χ1v) is 11.0. The molecule has 0 unspecified atom stereocenters. The van der Waals surface area contributed by atoms with Gasteiger partial charge >= 0.3 is 5.97 Å². The van der Waals surface area contributed by atoms with Gasteiger partial charge in [-0.3, -0.25) is 14.6 Å². The molecule has 1 aliphatic rings. The largest absolute Gasteiger partial charge is 0.508 e. The minimum Gasteiger partial charge on any atom is -0.508 e. The second kappa shape index (κ2) is 10.4. The fourth-order valence-electron chi connectivity index (χ4n) is 4.12. The van der Waals surface area contributed by atoms with Gasteiger partial charge in [-0.15, -0.1) is 0 Å². The molecule has 0 saturated heterocycles. The predicted molar refractivity (Wildman–Crippen MR) is 130 cm³/mol. The van der Waals surface area contributed by atoms with Crippen LogP contribution in [0.25, 0.3) is 6.08 Å². The summed E-state index contributed by atoms with van der Waals surface area (Å²) in [4.78, 5) is 29.7. The van der Waals surface area contributed by atoms with Crippen molar-refractivity contribution in [3.8, 4) is 28.7 Å². The number of Topliss-reactive ketones (excluding diaryl/α,β-unsaturated/α-hetero) is 1. The highest BCUT2D eigenvalue weighted by atomic mass is 16.5. The van der Waals surface area contributed by atoms with E-state index >= 15 is 0 Å². The van der Waals surface area contributed by atoms with E-state index in [9.17, 15) is 14.7 Å². The minimum atomic E-state index is -0.663. The van der Waals surface area contributed by atoms with Crippen LogP contribution in [-0.4, -0.2) is 50.3 Å². The highest BCUT2D eigenvalue weighted by molar-refractivity contribution is 6.15. The number of carbonyl (C=O) groups is 2. The number of fused-ring (bicyclic) bond motifs is 1. The maximum absolute atomic E-state index is 13.3. The van der Waals surface area contributed by atoms with Crippen LogP contribution in [0.2, 0.25) is 0 Å². The predicted octanol–water partition coefficient (Wildman–Crippen LogP) is 4.12. The zero-order chi connectivity index (χ0) is 25.8. The molecule has 1 aliphatic heterocycles. The number of phenolic OH excluding ortho intramolecular Hbond substituents is 1. The molecule has 1 atom stereocenters. The SMILES string of the molecule is COC(=O)C[C@H](c1cccnc1)c1c(O)ccc2c1O/C(=C\c1cc(OC)c(OC)cc1OC)C2=O. The number of pyridine rings is 1. The Bertz CT molecular complexity index is 1330. The molecule has 9 heteroatoms. The monoisotopic (exact) mass is 491 g/mol. The molecular formula is C27H25NO8. The Morgan fingerprint density at radius 3 is 2.42 bits per heavy atom. The standard InChI is InChI=1S/C27H25NO8/c1-32-20-13-22(34-3)21(33-2)10-16(20)11-23-26(31)17-7-8-19(29)25(27(17)36-23)18(12-24(30)35-4)15-6-5-9-28-14-15/h5-11,13-14,18,29H,12H2,1-4H3/b23-11-/t18-/m1/s1. The zero-order valence-corrected chi connectivity index (χ0v) is 20.2. The molecule has 3 aromatic rings. The van der Waals surface area contributed by atoms with Crippen LogP contribution in [0.4, 0.5) is 0 Å². The average molecular weight is 491 g/mol. The highest BCUT2D eigenvalue weighted by Crippen LogP contribution is 2.47. The Balaban J connectivity index is 1.82. The van der Waals surface area contributed by atoms with E-state index in [1.807, 2.05) is 0 Å². The van der Waals surface area contributed by atoms with Crippen molar-refractivity contribution < 1.29 is 38.4 Å². The quantitative estimate of drug-likeness (QED) is 0.367. The van der Waals surface area contributed by atoms with Crippen LogP contribution in [0.5, 0.6) is 28.7 Å². The van der Waals surface area contributed by atoms with E-state index in [1.165, 1.54) is 46.6 Å². The summed E-state index contributed by atoms with van der Waals surface area (Å²) < 4.78 is 27.1. The summed E-state index contributed by atoms with van der Waals surface area (Å²) in [7, 11) is 5.80. The van der Waals surface area contributed by atoms with Gasteiger partial charge in [-0.2, -0.15) is 0 Å². The molecule has 2 heterocycles. The van der Waals surface area contributed by atoms with Crippen LogP contribution < -0.4 is 18.9 Å². The third-order valence-electron chi connectivity index (χ3n) is 5.91. The lowest BCUT2D eigenvalue weighted by Gasteiger charge is -2.20. The smallest absolute Gasteiger partial charge is 0.306 e. The van der Waals surface area contributed by atoms with Gasteiger partial charge in [0, 0.05) is 35.5 Å². The summed E-state index contributed by atoms with van der Waals surface area (Å²) in [6, 6.07) is 9.71. The van der Waals surface area contributed by atoms with Crippen LogP contribution in [0.15, 0.2) is 54.6 Å². The lowest BCUT2D eigenvalue weighted by atomic mass is 9.87. The Morgan fingerprint density at radius 2 is 1.78 bits per heavy atom. The molecule has 0 amide bonds. The number of ketones is 1. The summed E-state index contributed by atoms with van der Waals surface area (Å²) >= 11 is 0. The number of esters is 1. The van der Waals surface area contributed by atoms with E-state index in [4.69, 9.17) is 23.7 Å². The van der Waals surface area contributed by atoms with E-state index in [-0.39, 0.29) is 35.0 Å². The third kappa shape index (κ3) is 4.55. The minimum absolute atomic E-state index is 0.0189. The van der Waals surface area contributed by atoms with Gasteiger partial charge < -0.3 is 28.8 Å². The number of allylic oxidation sites excluding steroid dienone is 1. The zero-order valence-electron chi connectivity index (χ0n) is 20.2. The third-order valence-corrected chi connectivity index (χ3v) is 5.91. The molecule has 0 aliphatic carbocycles. The van der Waals surface area contributed by atoms with Crippen molar-refractivity contribution in [2.45, 2.75) is 12.3 Å². The van der Waals surface area contributed by atoms with Gasteiger partial charge in [0.2, 0.25) is 5.78 Å². The fraction of sp³-hybridized carbons (Fsp3) is 0.222. The number of aromatic nitrogens is 1. The van der Waals surface area contributed by atoms with Crippen molar-refractivity contribution in [2.24, 2.45) is 0 Å². The molecule has 0 fully saturated rings. The Hall–Kier alpha value is -4.53. The van der Waals surface area contributed by atoms with Crippen molar-refractivity contribution in [1.29, 1.82) is 0 Å². The van der Waals surface area contributed by atoms with Crippen LogP contribution in [0, 0.1) is 0 Å². The number of benzene rings is 2. The van der Waals surface area contributed by atoms with E-state index in [2.05, 4.69) is 4.98 Å². The second-order valence-corrected chi connectivity index (χ2v) is 7.88.